The highest BCUT2D eigenvalue weighted by molar-refractivity contribution is 5.78. The molecule has 0 aliphatic carbocycles. The van der Waals surface area contributed by atoms with Crippen LogP contribution in [0.15, 0.2) is 18.2 Å². The maximum Gasteiger partial charge on any atom is 0.237 e. The van der Waals surface area contributed by atoms with Crippen LogP contribution in [0.25, 0.3) is 0 Å². The van der Waals surface area contributed by atoms with Crippen molar-refractivity contribution in [2.45, 2.75) is 45.8 Å². The molecule has 6 heteroatoms. The van der Waals surface area contributed by atoms with Gasteiger partial charge < -0.3 is 9.47 Å². The van der Waals surface area contributed by atoms with E-state index in [1.165, 1.54) is 5.56 Å². The first-order chi connectivity index (χ1) is 11.6. The lowest BCUT2D eigenvalue weighted by Gasteiger charge is -2.31. The number of hydrogen-bond acceptors (Lipinski definition) is 5. The van der Waals surface area contributed by atoms with Gasteiger partial charge in [-0.15, -0.1) is 0 Å². The Kier molecular flexibility index (Phi) is 6.87. The highest BCUT2D eigenvalue weighted by Crippen LogP contribution is 2.30. The number of methoxy groups -OCH3 is 1. The molecule has 1 aromatic carbocycles. The standard InChI is InChI=1S/C18H29N3O3/c1-4-13(2)24-16-6-5-14(11-17(16)23-3)12-21-9-7-15(8-10-21)18(22)20-19/h5-6,11,13,15H,4,7-10,12,19H2,1-3H3,(H,20,22). The van der Waals surface area contributed by atoms with Gasteiger partial charge in [0, 0.05) is 12.5 Å². The molecule has 1 aliphatic heterocycles. The van der Waals surface area contributed by atoms with Crippen molar-refractivity contribution in [2.75, 3.05) is 20.2 Å². The normalized spacial score (nSPS) is 17.3. The van der Waals surface area contributed by atoms with Gasteiger partial charge in [0.15, 0.2) is 11.5 Å². The van der Waals surface area contributed by atoms with E-state index in [0.29, 0.717) is 0 Å². The van der Waals surface area contributed by atoms with Crippen LogP contribution in [0.1, 0.15) is 38.7 Å². The van der Waals surface area contributed by atoms with E-state index < -0.39 is 0 Å². The van der Waals surface area contributed by atoms with E-state index in [2.05, 4.69) is 30.2 Å². The summed E-state index contributed by atoms with van der Waals surface area (Å²) >= 11 is 0. The van der Waals surface area contributed by atoms with Crippen molar-refractivity contribution < 1.29 is 14.3 Å². The van der Waals surface area contributed by atoms with E-state index in [0.717, 1.165) is 50.4 Å². The number of carbonyl (C=O) groups excluding carboxylic acids is 1. The molecule has 0 radical (unpaired) electrons. The van der Waals surface area contributed by atoms with Crippen LogP contribution < -0.4 is 20.7 Å². The third kappa shape index (κ3) is 4.85. The maximum atomic E-state index is 11.6. The number of amides is 1. The first kappa shape index (κ1) is 18.5. The molecule has 1 atom stereocenters. The van der Waals surface area contributed by atoms with Crippen LogP contribution in [-0.2, 0) is 11.3 Å². The number of likely N-dealkylation sites (tertiary alicyclic amines) is 1. The number of hydrazine groups is 1. The lowest BCUT2D eigenvalue weighted by atomic mass is 9.96. The molecule has 3 N–H and O–H groups in total. The Bertz CT molecular complexity index is 542. The van der Waals surface area contributed by atoms with Gasteiger partial charge in [-0.05, 0) is 57.0 Å². The predicted octanol–water partition coefficient (Wildman–Crippen LogP) is 2.07. The minimum absolute atomic E-state index is 0.0343. The third-order valence-corrected chi connectivity index (χ3v) is 4.64. The number of carbonyl (C=O) groups is 1. The van der Waals surface area contributed by atoms with Crippen molar-refractivity contribution in [1.82, 2.24) is 10.3 Å². The summed E-state index contributed by atoms with van der Waals surface area (Å²) in [6.45, 7) is 6.78. The molecular weight excluding hydrogens is 306 g/mol. The number of nitrogens with one attached hydrogen (secondary N) is 1. The predicted molar refractivity (Wildman–Crippen MR) is 93.7 cm³/mol. The van der Waals surface area contributed by atoms with Crippen LogP contribution >= 0.6 is 0 Å². The Morgan fingerprint density at radius 1 is 1.38 bits per heavy atom. The fraction of sp³-hybridized carbons (Fsp3) is 0.611. The van der Waals surface area contributed by atoms with Gasteiger partial charge in [-0.1, -0.05) is 13.0 Å². The molecule has 0 saturated carbocycles. The highest BCUT2D eigenvalue weighted by Gasteiger charge is 2.24. The minimum atomic E-state index is -0.0529. The van der Waals surface area contributed by atoms with Gasteiger partial charge in [0.2, 0.25) is 5.91 Å². The van der Waals surface area contributed by atoms with Crippen molar-refractivity contribution in [2.24, 2.45) is 11.8 Å². The second-order valence-electron chi connectivity index (χ2n) is 6.38. The summed E-state index contributed by atoms with van der Waals surface area (Å²) in [6.07, 6.45) is 2.80. The number of rotatable bonds is 7. The van der Waals surface area contributed by atoms with E-state index in [4.69, 9.17) is 15.3 Å². The summed E-state index contributed by atoms with van der Waals surface area (Å²) in [4.78, 5) is 13.9. The largest absolute Gasteiger partial charge is 0.493 e. The molecule has 24 heavy (non-hydrogen) atoms. The van der Waals surface area contributed by atoms with Crippen LogP contribution in [0.5, 0.6) is 11.5 Å². The fourth-order valence-electron chi connectivity index (χ4n) is 2.94. The highest BCUT2D eigenvalue weighted by atomic mass is 16.5. The molecule has 0 spiro atoms. The Labute approximate surface area is 144 Å². The minimum Gasteiger partial charge on any atom is -0.493 e. The van der Waals surface area contributed by atoms with E-state index in [1.54, 1.807) is 7.11 Å². The average molecular weight is 335 g/mol. The van der Waals surface area contributed by atoms with Gasteiger partial charge >= 0.3 is 0 Å². The fourth-order valence-corrected chi connectivity index (χ4v) is 2.94. The Morgan fingerprint density at radius 3 is 2.67 bits per heavy atom. The molecule has 0 bridgehead atoms. The Morgan fingerprint density at radius 2 is 2.08 bits per heavy atom. The molecule has 6 nitrogen and oxygen atoms in total. The molecular formula is C18H29N3O3. The van der Waals surface area contributed by atoms with Gasteiger partial charge in [-0.25, -0.2) is 5.84 Å². The first-order valence-corrected chi connectivity index (χ1v) is 8.63. The van der Waals surface area contributed by atoms with E-state index in [1.807, 2.05) is 12.1 Å². The number of nitrogens with two attached hydrogens (primary N) is 1. The van der Waals surface area contributed by atoms with Crippen LogP contribution in [0.2, 0.25) is 0 Å². The second kappa shape index (κ2) is 8.89. The topological polar surface area (TPSA) is 76.8 Å². The van der Waals surface area contributed by atoms with E-state index in [9.17, 15) is 4.79 Å². The number of ether oxygens (including phenoxy) is 2. The molecule has 1 amide bonds. The maximum absolute atomic E-state index is 11.6. The third-order valence-electron chi connectivity index (χ3n) is 4.64. The van der Waals surface area contributed by atoms with Gasteiger partial charge in [0.25, 0.3) is 0 Å². The summed E-state index contributed by atoms with van der Waals surface area (Å²) in [5, 5.41) is 0. The van der Waals surface area contributed by atoms with Crippen molar-refractivity contribution in [3.05, 3.63) is 23.8 Å². The Balaban J connectivity index is 1.95. The van der Waals surface area contributed by atoms with Gasteiger partial charge in [0.1, 0.15) is 0 Å². The molecule has 2 rings (SSSR count). The summed E-state index contributed by atoms with van der Waals surface area (Å²) in [7, 11) is 1.67. The summed E-state index contributed by atoms with van der Waals surface area (Å²) in [5.41, 5.74) is 3.44. The SMILES string of the molecule is CCC(C)Oc1ccc(CN2CCC(C(=O)NN)CC2)cc1OC. The van der Waals surface area contributed by atoms with Gasteiger partial charge in [-0.3, -0.25) is 15.1 Å². The van der Waals surface area contributed by atoms with Crippen LogP contribution in [0, 0.1) is 5.92 Å². The molecule has 134 valence electrons. The molecule has 1 saturated heterocycles. The Hall–Kier alpha value is -1.79. The number of hydrogen-bond donors (Lipinski definition) is 2. The van der Waals surface area contributed by atoms with Crippen LogP contribution in [0.4, 0.5) is 0 Å². The molecule has 1 fully saturated rings. The molecule has 1 aromatic rings. The zero-order chi connectivity index (χ0) is 17.5. The molecule has 1 heterocycles. The quantitative estimate of drug-likeness (QED) is 0.453. The van der Waals surface area contributed by atoms with E-state index >= 15 is 0 Å². The summed E-state index contributed by atoms with van der Waals surface area (Å²) in [5.74, 6) is 6.75. The van der Waals surface area contributed by atoms with Crippen LogP contribution in [0.3, 0.4) is 0 Å². The molecule has 1 unspecified atom stereocenters. The first-order valence-electron chi connectivity index (χ1n) is 8.63. The number of benzene rings is 1. The molecule has 1 aliphatic rings. The number of piperidine rings is 1. The number of nitrogens with zero attached hydrogens (tertiary/aromatic N) is 1. The zero-order valence-electron chi connectivity index (χ0n) is 14.9. The van der Waals surface area contributed by atoms with Crippen molar-refractivity contribution in [1.29, 1.82) is 0 Å². The zero-order valence-corrected chi connectivity index (χ0v) is 14.9. The monoisotopic (exact) mass is 335 g/mol. The second-order valence-corrected chi connectivity index (χ2v) is 6.38. The smallest absolute Gasteiger partial charge is 0.237 e. The van der Waals surface area contributed by atoms with Crippen molar-refractivity contribution >= 4 is 5.91 Å². The lowest BCUT2D eigenvalue weighted by molar-refractivity contribution is -0.126. The van der Waals surface area contributed by atoms with Crippen molar-refractivity contribution in [3.8, 4) is 11.5 Å². The van der Waals surface area contributed by atoms with E-state index in [-0.39, 0.29) is 17.9 Å². The van der Waals surface area contributed by atoms with Gasteiger partial charge in [-0.2, -0.15) is 0 Å². The summed E-state index contributed by atoms with van der Waals surface area (Å²) in [6, 6.07) is 6.10. The average Bonchev–Trinajstić information content (AvgIpc) is 2.62. The van der Waals surface area contributed by atoms with Gasteiger partial charge in [0.05, 0.1) is 13.2 Å². The summed E-state index contributed by atoms with van der Waals surface area (Å²) < 4.78 is 11.4. The van der Waals surface area contributed by atoms with Crippen molar-refractivity contribution in [3.63, 3.8) is 0 Å². The van der Waals surface area contributed by atoms with Crippen LogP contribution in [-0.4, -0.2) is 37.1 Å². The molecule has 0 aromatic heterocycles. The lowest BCUT2D eigenvalue weighted by Crippen LogP contribution is -2.42.